The number of hydrogen-bond acceptors (Lipinski definition) is 5. The van der Waals surface area contributed by atoms with Crippen LogP contribution >= 0.6 is 0 Å². The molecule has 2 heterocycles. The summed E-state index contributed by atoms with van der Waals surface area (Å²) in [6.45, 7) is 1.61. The van der Waals surface area contributed by atoms with Crippen molar-refractivity contribution in [3.63, 3.8) is 0 Å². The molecule has 0 amide bonds. The van der Waals surface area contributed by atoms with Crippen LogP contribution in [0.2, 0.25) is 0 Å². The molecule has 7 heteroatoms. The van der Waals surface area contributed by atoms with Crippen molar-refractivity contribution in [2.24, 2.45) is 0 Å². The first-order valence-corrected chi connectivity index (χ1v) is 8.70. The highest BCUT2D eigenvalue weighted by molar-refractivity contribution is 7.90. The van der Waals surface area contributed by atoms with Gasteiger partial charge in [-0.3, -0.25) is 0 Å². The zero-order valence-electron chi connectivity index (χ0n) is 12.1. The Kier molecular flexibility index (Phi) is 3.58. The molecule has 0 bridgehead atoms. The fourth-order valence-corrected chi connectivity index (χ4v) is 3.04. The fraction of sp³-hybridized carbons (Fsp3) is 0.200. The lowest BCUT2D eigenvalue weighted by atomic mass is 10.1. The number of nitrogen functional groups attached to an aromatic ring is 1. The number of nitrogens with two attached hydrogens (primary N) is 1. The van der Waals surface area contributed by atoms with E-state index in [9.17, 15) is 8.42 Å². The number of benzene rings is 1. The van der Waals surface area contributed by atoms with E-state index in [1.54, 1.807) is 6.92 Å². The van der Waals surface area contributed by atoms with Crippen LogP contribution in [-0.2, 0) is 15.6 Å². The molecule has 0 unspecified atom stereocenters. The van der Waals surface area contributed by atoms with Gasteiger partial charge in [-0.1, -0.05) is 6.92 Å². The molecule has 0 fully saturated rings. The maximum atomic E-state index is 11.8. The van der Waals surface area contributed by atoms with Gasteiger partial charge in [0.15, 0.2) is 15.7 Å². The third kappa shape index (κ3) is 2.94. The first kappa shape index (κ1) is 14.5. The summed E-state index contributed by atoms with van der Waals surface area (Å²) < 4.78 is 23.5. The van der Waals surface area contributed by atoms with Crippen LogP contribution in [0, 0.1) is 0 Å². The average Bonchev–Trinajstić information content (AvgIpc) is 2.93. The maximum Gasteiger partial charge on any atom is 0.161 e. The Morgan fingerprint density at radius 3 is 2.77 bits per heavy atom. The number of nitrogens with zero attached hydrogens (tertiary/aromatic N) is 2. The molecule has 0 aliphatic carbocycles. The molecule has 1 aromatic carbocycles. The summed E-state index contributed by atoms with van der Waals surface area (Å²) in [6.07, 6.45) is 1.86. The monoisotopic (exact) mass is 316 g/mol. The van der Waals surface area contributed by atoms with Gasteiger partial charge in [0.05, 0.1) is 11.4 Å². The molecule has 0 saturated carbocycles. The van der Waals surface area contributed by atoms with Crippen LogP contribution in [0.25, 0.3) is 22.3 Å². The molecular formula is C15H16N4O2S. The van der Waals surface area contributed by atoms with Gasteiger partial charge in [0.1, 0.15) is 5.82 Å². The molecule has 114 valence electrons. The van der Waals surface area contributed by atoms with Crippen LogP contribution < -0.4 is 5.73 Å². The highest BCUT2D eigenvalue weighted by Gasteiger charge is 2.13. The summed E-state index contributed by atoms with van der Waals surface area (Å²) in [5.74, 6) is 0.641. The predicted molar refractivity (Wildman–Crippen MR) is 86.9 cm³/mol. The highest BCUT2D eigenvalue weighted by atomic mass is 32.2. The number of fused-ring (bicyclic) bond motifs is 1. The Bertz CT molecular complexity index is 932. The highest BCUT2D eigenvalue weighted by Crippen LogP contribution is 2.22. The molecule has 0 aliphatic heterocycles. The summed E-state index contributed by atoms with van der Waals surface area (Å²) in [6, 6.07) is 9.21. The molecule has 0 radical (unpaired) electrons. The number of aromatic amines is 1. The number of anilines is 1. The average molecular weight is 316 g/mol. The molecule has 6 nitrogen and oxygen atoms in total. The quantitative estimate of drug-likeness (QED) is 0.768. The Hall–Kier alpha value is -2.41. The molecular weight excluding hydrogens is 300 g/mol. The zero-order valence-corrected chi connectivity index (χ0v) is 12.9. The van der Waals surface area contributed by atoms with E-state index in [-0.39, 0.29) is 17.3 Å². The Morgan fingerprint density at radius 2 is 2.00 bits per heavy atom. The van der Waals surface area contributed by atoms with Crippen LogP contribution in [0.1, 0.15) is 12.6 Å². The van der Waals surface area contributed by atoms with Gasteiger partial charge >= 0.3 is 0 Å². The van der Waals surface area contributed by atoms with E-state index >= 15 is 0 Å². The lowest BCUT2D eigenvalue weighted by Crippen LogP contribution is -2.09. The van der Waals surface area contributed by atoms with Crippen molar-refractivity contribution in [1.29, 1.82) is 0 Å². The van der Waals surface area contributed by atoms with Crippen molar-refractivity contribution < 1.29 is 8.42 Å². The number of rotatable bonds is 4. The molecule has 22 heavy (non-hydrogen) atoms. The molecule has 3 rings (SSSR count). The minimum Gasteiger partial charge on any atom is -0.384 e. The van der Waals surface area contributed by atoms with Crippen LogP contribution in [0.5, 0.6) is 0 Å². The number of H-pyrrole nitrogens is 1. The van der Waals surface area contributed by atoms with Crippen molar-refractivity contribution in [3.05, 3.63) is 42.2 Å². The Balaban J connectivity index is 2.04. The molecule has 0 atom stereocenters. The number of hydrogen-bond donors (Lipinski definition) is 2. The molecule has 3 N–H and O–H groups in total. The van der Waals surface area contributed by atoms with Crippen molar-refractivity contribution in [3.8, 4) is 11.4 Å². The van der Waals surface area contributed by atoms with Crippen molar-refractivity contribution in [2.45, 2.75) is 12.7 Å². The fourth-order valence-electron chi connectivity index (χ4n) is 2.24. The van der Waals surface area contributed by atoms with E-state index in [0.717, 1.165) is 16.5 Å². The van der Waals surface area contributed by atoms with Gasteiger partial charge in [-0.25, -0.2) is 18.4 Å². The van der Waals surface area contributed by atoms with Gasteiger partial charge in [-0.2, -0.15) is 0 Å². The summed E-state index contributed by atoms with van der Waals surface area (Å²) in [4.78, 5) is 11.7. The third-order valence-corrected chi connectivity index (χ3v) is 5.03. The van der Waals surface area contributed by atoms with Crippen LogP contribution in [-0.4, -0.2) is 29.1 Å². The van der Waals surface area contributed by atoms with Crippen molar-refractivity contribution >= 4 is 26.6 Å². The van der Waals surface area contributed by atoms with Crippen molar-refractivity contribution in [1.82, 2.24) is 15.0 Å². The lowest BCUT2D eigenvalue weighted by molar-refractivity contribution is 0.596. The molecule has 0 aliphatic rings. The first-order valence-electron chi connectivity index (χ1n) is 6.88. The Labute approximate surface area is 128 Å². The van der Waals surface area contributed by atoms with E-state index in [1.807, 2.05) is 30.5 Å². The van der Waals surface area contributed by atoms with E-state index in [0.29, 0.717) is 11.5 Å². The van der Waals surface area contributed by atoms with Gasteiger partial charge < -0.3 is 10.7 Å². The minimum absolute atomic E-state index is 0.0710. The largest absolute Gasteiger partial charge is 0.384 e. The number of aromatic nitrogens is 3. The topological polar surface area (TPSA) is 102 Å². The maximum absolute atomic E-state index is 11.8. The van der Waals surface area contributed by atoms with Crippen molar-refractivity contribution in [2.75, 3.05) is 11.5 Å². The van der Waals surface area contributed by atoms with Gasteiger partial charge in [0.2, 0.25) is 0 Å². The minimum atomic E-state index is -3.16. The molecule has 3 aromatic rings. The molecule has 2 aromatic heterocycles. The lowest BCUT2D eigenvalue weighted by Gasteiger charge is -2.06. The summed E-state index contributed by atoms with van der Waals surface area (Å²) in [5, 5.41) is 1.03. The second-order valence-electron chi connectivity index (χ2n) is 5.06. The zero-order chi connectivity index (χ0) is 15.7. The molecule has 0 spiro atoms. The van der Waals surface area contributed by atoms with Gasteiger partial charge in [-0.15, -0.1) is 0 Å². The van der Waals surface area contributed by atoms with Crippen LogP contribution in [0.15, 0.2) is 36.5 Å². The summed E-state index contributed by atoms with van der Waals surface area (Å²) in [7, 11) is -3.16. The second kappa shape index (κ2) is 5.42. The summed E-state index contributed by atoms with van der Waals surface area (Å²) >= 11 is 0. The Morgan fingerprint density at radius 1 is 1.18 bits per heavy atom. The predicted octanol–water partition coefficient (Wildman–Crippen LogP) is 2.14. The van der Waals surface area contributed by atoms with Crippen LogP contribution in [0.3, 0.4) is 0 Å². The smallest absolute Gasteiger partial charge is 0.161 e. The van der Waals surface area contributed by atoms with Gasteiger partial charge in [0, 0.05) is 34.5 Å². The number of nitrogens with one attached hydrogen (secondary N) is 1. The van der Waals surface area contributed by atoms with E-state index in [1.165, 1.54) is 6.07 Å². The van der Waals surface area contributed by atoms with Gasteiger partial charge in [-0.05, 0) is 24.3 Å². The van der Waals surface area contributed by atoms with E-state index in [2.05, 4.69) is 15.0 Å². The third-order valence-electron chi connectivity index (χ3n) is 3.42. The van der Waals surface area contributed by atoms with Gasteiger partial charge in [0.25, 0.3) is 0 Å². The van der Waals surface area contributed by atoms with Crippen LogP contribution in [0.4, 0.5) is 5.82 Å². The summed E-state index contributed by atoms with van der Waals surface area (Å²) in [5.41, 5.74) is 8.03. The van der Waals surface area contributed by atoms with E-state index in [4.69, 9.17) is 5.73 Å². The standard InChI is InChI=1S/C15H16N4O2S/c1-2-22(20,21)9-12-8-14(16)19-15(18-12)11-3-4-13-10(7-11)5-6-17-13/h3-8,17H,2,9H2,1H3,(H2,16,18,19). The number of sulfone groups is 1. The second-order valence-corrected chi connectivity index (χ2v) is 7.42. The SMILES string of the molecule is CCS(=O)(=O)Cc1cc(N)nc(-c2ccc3[nH]ccc3c2)n1. The first-order chi connectivity index (χ1) is 10.5. The molecule has 0 saturated heterocycles. The van der Waals surface area contributed by atoms with E-state index < -0.39 is 9.84 Å². The normalized spacial score (nSPS) is 11.9.